The van der Waals surface area contributed by atoms with E-state index in [0.717, 1.165) is 0 Å². The van der Waals surface area contributed by atoms with E-state index >= 15 is 0 Å². The number of hydrogen-bond acceptors (Lipinski definition) is 0. The molecule has 1 rings (SSSR count). The second-order valence-electron chi connectivity index (χ2n) is 8.71. The van der Waals surface area contributed by atoms with Crippen LogP contribution in [0.15, 0.2) is 24.3 Å². The van der Waals surface area contributed by atoms with Crippen molar-refractivity contribution in [3.05, 3.63) is 35.4 Å². The number of aryl methyl sites for hydroxylation is 1. The molecule has 0 amide bonds. The van der Waals surface area contributed by atoms with Crippen LogP contribution in [-0.4, -0.2) is 0 Å². The summed E-state index contributed by atoms with van der Waals surface area (Å²) < 4.78 is 0. The molecule has 0 heterocycles. The molecule has 0 radical (unpaired) electrons. The summed E-state index contributed by atoms with van der Waals surface area (Å²) in [4.78, 5) is 0. The summed E-state index contributed by atoms with van der Waals surface area (Å²) in [5, 5.41) is 0. The highest BCUT2D eigenvalue weighted by Crippen LogP contribution is 2.15. The van der Waals surface area contributed by atoms with Crippen molar-refractivity contribution in [2.45, 2.75) is 135 Å². The van der Waals surface area contributed by atoms with Gasteiger partial charge in [-0.1, -0.05) is 140 Å². The Morgan fingerprint density at radius 1 is 0.464 bits per heavy atom. The van der Waals surface area contributed by atoms with Crippen LogP contribution in [-0.2, 0) is 12.3 Å². The molecule has 0 N–H and O–H groups in total. The minimum atomic E-state index is 0.624. The van der Waals surface area contributed by atoms with Crippen molar-refractivity contribution in [3.8, 4) is 0 Å². The lowest BCUT2D eigenvalue weighted by atomic mass is 10.0. The molecule has 162 valence electrons. The Hall–Kier alpha value is -0.490. The largest absolute Gasteiger partial charge is 0.122 e. The van der Waals surface area contributed by atoms with Crippen LogP contribution in [0.25, 0.3) is 0 Å². The molecule has 0 aliphatic heterocycles. The van der Waals surface area contributed by atoms with Crippen LogP contribution in [0.4, 0.5) is 0 Å². The van der Waals surface area contributed by atoms with E-state index in [4.69, 9.17) is 11.6 Å². The first kappa shape index (κ1) is 25.5. The van der Waals surface area contributed by atoms with Gasteiger partial charge in [0.1, 0.15) is 0 Å². The van der Waals surface area contributed by atoms with Gasteiger partial charge in [0, 0.05) is 5.88 Å². The molecular formula is C27H47Cl. The molecule has 0 aliphatic rings. The van der Waals surface area contributed by atoms with Crippen molar-refractivity contribution in [1.29, 1.82) is 0 Å². The maximum Gasteiger partial charge on any atom is 0.0474 e. The van der Waals surface area contributed by atoms with Gasteiger partial charge in [0.2, 0.25) is 0 Å². The Kier molecular flexibility index (Phi) is 18.1. The predicted molar refractivity (Wildman–Crippen MR) is 128 cm³/mol. The van der Waals surface area contributed by atoms with Gasteiger partial charge in [-0.25, -0.2) is 0 Å². The van der Waals surface area contributed by atoms with Gasteiger partial charge in [0.05, 0.1) is 0 Å². The second-order valence-corrected chi connectivity index (χ2v) is 8.98. The third-order valence-corrected chi connectivity index (χ3v) is 6.30. The van der Waals surface area contributed by atoms with Crippen LogP contribution in [0.5, 0.6) is 0 Å². The van der Waals surface area contributed by atoms with E-state index < -0.39 is 0 Å². The number of halogens is 1. The highest BCUT2D eigenvalue weighted by atomic mass is 35.5. The maximum absolute atomic E-state index is 5.84. The van der Waals surface area contributed by atoms with Crippen molar-refractivity contribution in [3.63, 3.8) is 0 Å². The summed E-state index contributed by atoms with van der Waals surface area (Å²) in [6.45, 7) is 2.30. The highest BCUT2D eigenvalue weighted by molar-refractivity contribution is 6.17. The molecule has 0 aromatic heterocycles. The number of benzene rings is 1. The maximum atomic E-state index is 5.84. The first-order chi connectivity index (χ1) is 13.9. The monoisotopic (exact) mass is 406 g/mol. The summed E-state index contributed by atoms with van der Waals surface area (Å²) in [6.07, 6.45) is 27.2. The molecule has 28 heavy (non-hydrogen) atoms. The second kappa shape index (κ2) is 19.8. The molecule has 1 heteroatoms. The molecular weight excluding hydrogens is 360 g/mol. The normalized spacial score (nSPS) is 11.2. The van der Waals surface area contributed by atoms with Crippen molar-refractivity contribution < 1.29 is 0 Å². The summed E-state index contributed by atoms with van der Waals surface area (Å²) in [5.74, 6) is 0.624. The van der Waals surface area contributed by atoms with Crippen LogP contribution in [0, 0.1) is 0 Å². The zero-order valence-electron chi connectivity index (χ0n) is 18.8. The molecule has 0 bridgehead atoms. The summed E-state index contributed by atoms with van der Waals surface area (Å²) in [7, 11) is 0. The fraction of sp³-hybridized carbons (Fsp3) is 0.778. The van der Waals surface area contributed by atoms with Crippen LogP contribution >= 0.6 is 11.6 Å². The lowest BCUT2D eigenvalue weighted by Gasteiger charge is -2.04. The Bertz CT molecular complexity index is 422. The van der Waals surface area contributed by atoms with Crippen LogP contribution in [0.3, 0.4) is 0 Å². The molecule has 0 nitrogen and oxygen atoms in total. The van der Waals surface area contributed by atoms with E-state index in [9.17, 15) is 0 Å². The van der Waals surface area contributed by atoms with E-state index in [1.807, 2.05) is 0 Å². The molecule has 0 aliphatic carbocycles. The summed E-state index contributed by atoms with van der Waals surface area (Å²) >= 11 is 5.84. The molecule has 0 unspecified atom stereocenters. The number of unbranched alkanes of at least 4 members (excludes halogenated alkanes) is 17. The van der Waals surface area contributed by atoms with Gasteiger partial charge in [0.25, 0.3) is 0 Å². The zero-order chi connectivity index (χ0) is 20.1. The van der Waals surface area contributed by atoms with Gasteiger partial charge >= 0.3 is 0 Å². The molecule has 1 aromatic carbocycles. The van der Waals surface area contributed by atoms with Crippen molar-refractivity contribution in [2.75, 3.05) is 0 Å². The van der Waals surface area contributed by atoms with Gasteiger partial charge in [-0.15, -0.1) is 11.6 Å². The van der Waals surface area contributed by atoms with Gasteiger partial charge < -0.3 is 0 Å². The lowest BCUT2D eigenvalue weighted by Crippen LogP contribution is -1.87. The summed E-state index contributed by atoms with van der Waals surface area (Å²) in [5.41, 5.74) is 2.69. The average molecular weight is 407 g/mol. The fourth-order valence-electron chi connectivity index (χ4n) is 4.03. The average Bonchev–Trinajstić information content (AvgIpc) is 2.73. The van der Waals surface area contributed by atoms with Gasteiger partial charge in [-0.05, 0) is 24.0 Å². The topological polar surface area (TPSA) is 0 Å². The molecule has 0 saturated carbocycles. The minimum absolute atomic E-state index is 0.624. The smallest absolute Gasteiger partial charge is 0.0474 e. The van der Waals surface area contributed by atoms with E-state index in [1.54, 1.807) is 0 Å². The Balaban J connectivity index is 1.74. The Morgan fingerprint density at radius 2 is 0.786 bits per heavy atom. The van der Waals surface area contributed by atoms with E-state index in [1.165, 1.54) is 133 Å². The molecule has 1 aromatic rings. The van der Waals surface area contributed by atoms with Gasteiger partial charge in [0.15, 0.2) is 0 Å². The molecule has 0 saturated heterocycles. The van der Waals surface area contributed by atoms with Crippen molar-refractivity contribution >= 4 is 11.6 Å². The Labute approximate surface area is 181 Å². The van der Waals surface area contributed by atoms with Gasteiger partial charge in [-0.2, -0.15) is 0 Å². The first-order valence-electron chi connectivity index (χ1n) is 12.5. The number of rotatable bonds is 20. The van der Waals surface area contributed by atoms with E-state index in [2.05, 4.69) is 31.2 Å². The molecule has 0 fully saturated rings. The highest BCUT2D eigenvalue weighted by Gasteiger charge is 1.97. The van der Waals surface area contributed by atoms with E-state index in [-0.39, 0.29) is 0 Å². The van der Waals surface area contributed by atoms with E-state index in [0.29, 0.717) is 5.88 Å². The molecule has 0 spiro atoms. The minimum Gasteiger partial charge on any atom is -0.122 e. The zero-order valence-corrected chi connectivity index (χ0v) is 19.6. The Morgan fingerprint density at radius 3 is 1.14 bits per heavy atom. The quantitative estimate of drug-likeness (QED) is 0.149. The number of alkyl halides is 1. The van der Waals surface area contributed by atoms with Gasteiger partial charge in [-0.3, -0.25) is 0 Å². The predicted octanol–water partition coefficient (Wildman–Crippen LogP) is 10.0. The third kappa shape index (κ3) is 15.4. The number of hydrogen-bond donors (Lipinski definition) is 0. The fourth-order valence-corrected chi connectivity index (χ4v) is 4.20. The summed E-state index contributed by atoms with van der Waals surface area (Å²) in [6, 6.07) is 8.81. The SMILES string of the molecule is CCCCCCCCCCCCCCCCCCCCc1ccc(CCl)cc1. The molecule has 0 atom stereocenters. The van der Waals surface area contributed by atoms with Crippen molar-refractivity contribution in [2.24, 2.45) is 0 Å². The van der Waals surface area contributed by atoms with Crippen LogP contribution in [0.2, 0.25) is 0 Å². The van der Waals surface area contributed by atoms with Crippen LogP contribution in [0.1, 0.15) is 134 Å². The van der Waals surface area contributed by atoms with Crippen LogP contribution < -0.4 is 0 Å². The van der Waals surface area contributed by atoms with Crippen molar-refractivity contribution in [1.82, 2.24) is 0 Å². The first-order valence-corrected chi connectivity index (χ1v) is 13.0. The third-order valence-electron chi connectivity index (χ3n) is 6.00. The lowest BCUT2D eigenvalue weighted by molar-refractivity contribution is 0.525. The standard InChI is InChI=1S/C27H47Cl/c1-2-3-4-5-6-7-8-9-10-11-12-13-14-15-16-17-18-19-20-26-21-23-27(25-28)24-22-26/h21-24H,2-20,25H2,1H3.